The molecule has 0 radical (unpaired) electrons. The minimum Gasteiger partial charge on any atom is -0.399 e. The Kier molecular flexibility index (Phi) is 7.09. The summed E-state index contributed by atoms with van der Waals surface area (Å²) >= 11 is 0. The van der Waals surface area contributed by atoms with Crippen molar-refractivity contribution in [3.63, 3.8) is 0 Å². The monoisotopic (exact) mass is 414 g/mol. The predicted octanol–water partition coefficient (Wildman–Crippen LogP) is 2.74. The highest BCUT2D eigenvalue weighted by Crippen LogP contribution is 2.31. The van der Waals surface area contributed by atoms with Crippen molar-refractivity contribution in [3.05, 3.63) is 52.6 Å². The van der Waals surface area contributed by atoms with Crippen LogP contribution in [0.5, 0.6) is 0 Å². The van der Waals surface area contributed by atoms with Crippen molar-refractivity contribution in [1.29, 1.82) is 10.5 Å². The highest BCUT2D eigenvalue weighted by atomic mass is 32.2. The largest absolute Gasteiger partial charge is 0.399 e. The molecule has 3 N–H and O–H groups in total. The van der Waals surface area contributed by atoms with Crippen LogP contribution in [0.1, 0.15) is 12.8 Å². The highest BCUT2D eigenvalue weighted by Gasteiger charge is 2.27. The van der Waals surface area contributed by atoms with Crippen LogP contribution in [0, 0.1) is 32.8 Å². The third-order valence-corrected chi connectivity index (χ3v) is 5.83. The van der Waals surface area contributed by atoms with Gasteiger partial charge >= 0.3 is 0 Å². The van der Waals surface area contributed by atoms with E-state index in [9.17, 15) is 18.5 Å². The molecule has 2 aromatic rings. The molecule has 0 aliphatic rings. The molecule has 0 atom stereocenters. The molecule has 2 aromatic carbocycles. The van der Waals surface area contributed by atoms with E-state index in [2.05, 4.69) is 5.32 Å². The van der Waals surface area contributed by atoms with Crippen LogP contribution in [0.15, 0.2) is 47.4 Å². The van der Waals surface area contributed by atoms with E-state index in [0.29, 0.717) is 11.4 Å². The third-order valence-electron chi connectivity index (χ3n) is 3.94. The fraction of sp³-hybridized carbons (Fsp3) is 0.222. The lowest BCUT2D eigenvalue weighted by Crippen LogP contribution is -2.32. The summed E-state index contributed by atoms with van der Waals surface area (Å²) in [5.41, 5.74) is 6.37. The van der Waals surface area contributed by atoms with Crippen molar-refractivity contribution in [1.82, 2.24) is 4.31 Å². The lowest BCUT2D eigenvalue weighted by atomic mass is 10.2. The Morgan fingerprint density at radius 2 is 1.66 bits per heavy atom. The molecule has 0 amide bonds. The van der Waals surface area contributed by atoms with Crippen LogP contribution in [0.2, 0.25) is 0 Å². The summed E-state index contributed by atoms with van der Waals surface area (Å²) in [5, 5.41) is 31.9. The van der Waals surface area contributed by atoms with Gasteiger partial charge in [-0.3, -0.25) is 10.1 Å². The molecule has 10 nitrogen and oxygen atoms in total. The second-order valence-corrected chi connectivity index (χ2v) is 7.84. The van der Waals surface area contributed by atoms with Crippen LogP contribution < -0.4 is 11.1 Å². The molecule has 0 saturated heterocycles. The van der Waals surface area contributed by atoms with E-state index in [1.807, 2.05) is 12.1 Å². The number of benzene rings is 2. The maximum Gasteiger partial charge on any atom is 0.294 e. The Labute approximate surface area is 168 Å². The maximum absolute atomic E-state index is 12.9. The molecule has 0 aliphatic heterocycles. The third kappa shape index (κ3) is 5.42. The highest BCUT2D eigenvalue weighted by molar-refractivity contribution is 7.89. The molecule has 0 saturated carbocycles. The van der Waals surface area contributed by atoms with Gasteiger partial charge in [-0.25, -0.2) is 8.42 Å². The topological polar surface area (TPSA) is 166 Å². The van der Waals surface area contributed by atoms with E-state index in [4.69, 9.17) is 16.3 Å². The first-order valence-corrected chi connectivity index (χ1v) is 9.88. The number of rotatable bonds is 9. The minimum atomic E-state index is -4.11. The molecule has 0 aliphatic carbocycles. The van der Waals surface area contributed by atoms with Gasteiger partial charge in [0, 0.05) is 43.4 Å². The summed E-state index contributed by atoms with van der Waals surface area (Å²) in [5.74, 6) is 0. The number of nitrogens with zero attached hydrogens (tertiary/aromatic N) is 4. The van der Waals surface area contributed by atoms with Crippen molar-refractivity contribution in [2.24, 2.45) is 0 Å². The molecule has 0 heterocycles. The first-order valence-electron chi connectivity index (χ1n) is 8.44. The van der Waals surface area contributed by atoms with Crippen LogP contribution in [0.3, 0.4) is 0 Å². The number of nitrogen functional groups attached to an aromatic ring is 1. The van der Waals surface area contributed by atoms with Crippen LogP contribution in [-0.4, -0.2) is 30.7 Å². The van der Waals surface area contributed by atoms with Gasteiger partial charge in [-0.05, 0) is 36.4 Å². The van der Waals surface area contributed by atoms with Crippen LogP contribution in [0.4, 0.5) is 22.7 Å². The predicted molar refractivity (Wildman–Crippen MR) is 106 cm³/mol. The number of nitrogens with two attached hydrogens (primary N) is 1. The van der Waals surface area contributed by atoms with Gasteiger partial charge in [-0.15, -0.1) is 0 Å². The summed E-state index contributed by atoms with van der Waals surface area (Å²) in [6.45, 7) is -0.223. The lowest BCUT2D eigenvalue weighted by Gasteiger charge is -2.20. The molecule has 2 rings (SSSR count). The molecule has 29 heavy (non-hydrogen) atoms. The minimum absolute atomic E-state index is 0.0659. The summed E-state index contributed by atoms with van der Waals surface area (Å²) in [4.78, 5) is 10.5. The second kappa shape index (κ2) is 9.50. The van der Waals surface area contributed by atoms with E-state index in [0.717, 1.165) is 10.4 Å². The SMILES string of the molecule is N#CCCN(CCC#N)S(=O)(=O)c1ccc(Nc2ccc(N)cc2)c([N+](=O)[O-])c1. The van der Waals surface area contributed by atoms with Gasteiger partial charge < -0.3 is 11.1 Å². The smallest absolute Gasteiger partial charge is 0.294 e. The first-order chi connectivity index (χ1) is 13.8. The number of nitro benzene ring substituents is 1. The zero-order chi connectivity index (χ0) is 21.4. The Balaban J connectivity index is 2.41. The molecular weight excluding hydrogens is 396 g/mol. The van der Waals surface area contributed by atoms with Gasteiger partial charge in [0.2, 0.25) is 10.0 Å². The maximum atomic E-state index is 12.9. The zero-order valence-corrected chi connectivity index (χ0v) is 16.1. The number of nitro groups is 1. The number of hydrogen-bond donors (Lipinski definition) is 2. The first kappa shape index (κ1) is 21.6. The van der Waals surface area contributed by atoms with Crippen LogP contribution in [-0.2, 0) is 10.0 Å². The summed E-state index contributed by atoms with van der Waals surface area (Å²) in [7, 11) is -4.11. The van der Waals surface area contributed by atoms with Gasteiger partial charge in [0.05, 0.1) is 22.0 Å². The number of sulfonamides is 1. The molecule has 0 bridgehead atoms. The number of anilines is 3. The average molecular weight is 414 g/mol. The van der Waals surface area contributed by atoms with E-state index in [1.54, 1.807) is 24.3 Å². The fourth-order valence-electron chi connectivity index (χ4n) is 2.50. The van der Waals surface area contributed by atoms with Crippen molar-refractivity contribution >= 4 is 32.8 Å². The van der Waals surface area contributed by atoms with E-state index in [1.165, 1.54) is 12.1 Å². The van der Waals surface area contributed by atoms with Gasteiger partial charge in [0.25, 0.3) is 5.69 Å². The molecule has 0 fully saturated rings. The Morgan fingerprint density at radius 3 is 2.17 bits per heavy atom. The zero-order valence-electron chi connectivity index (χ0n) is 15.3. The van der Waals surface area contributed by atoms with Gasteiger partial charge in [-0.2, -0.15) is 14.8 Å². The molecule has 0 unspecified atom stereocenters. The number of nitriles is 2. The van der Waals surface area contributed by atoms with Crippen LogP contribution >= 0.6 is 0 Å². The van der Waals surface area contributed by atoms with E-state index < -0.39 is 20.6 Å². The van der Waals surface area contributed by atoms with Crippen molar-refractivity contribution in [2.75, 3.05) is 24.1 Å². The molecule has 11 heteroatoms. The lowest BCUT2D eigenvalue weighted by molar-refractivity contribution is -0.384. The quantitative estimate of drug-likeness (QED) is 0.359. The molecular formula is C18H18N6O4S. The summed E-state index contributed by atoms with van der Waals surface area (Å²) in [6.07, 6.45) is -0.132. The van der Waals surface area contributed by atoms with Crippen molar-refractivity contribution < 1.29 is 13.3 Å². The summed E-state index contributed by atoms with van der Waals surface area (Å²) < 4.78 is 26.7. The molecule has 150 valence electrons. The molecule has 0 aromatic heterocycles. The number of hydrogen-bond acceptors (Lipinski definition) is 8. The average Bonchev–Trinajstić information content (AvgIpc) is 2.69. The van der Waals surface area contributed by atoms with E-state index >= 15 is 0 Å². The van der Waals surface area contributed by atoms with Crippen molar-refractivity contribution in [2.45, 2.75) is 17.7 Å². The Bertz CT molecular complexity index is 1050. The number of nitrogens with one attached hydrogen (secondary N) is 1. The fourth-order valence-corrected chi connectivity index (χ4v) is 3.96. The second-order valence-electron chi connectivity index (χ2n) is 5.90. The molecule has 0 spiro atoms. The van der Waals surface area contributed by atoms with Gasteiger partial charge in [0.15, 0.2) is 0 Å². The Hall–Kier alpha value is -3.67. The standard InChI is InChI=1S/C18H18N6O4S/c19-9-1-11-23(12-2-10-20)29(27,28)16-7-8-17(18(13-16)24(25)26)22-15-5-3-14(21)4-6-15/h3-8,13,22H,1-2,11-12,21H2. The van der Waals surface area contributed by atoms with E-state index in [-0.39, 0.29) is 36.5 Å². The Morgan fingerprint density at radius 1 is 1.07 bits per heavy atom. The van der Waals surface area contributed by atoms with Crippen molar-refractivity contribution in [3.8, 4) is 12.1 Å². The summed E-state index contributed by atoms with van der Waals surface area (Å²) in [6, 6.07) is 13.7. The van der Waals surface area contributed by atoms with Gasteiger partial charge in [-0.1, -0.05) is 0 Å². The van der Waals surface area contributed by atoms with Crippen LogP contribution in [0.25, 0.3) is 0 Å². The normalized spacial score (nSPS) is 10.9. The van der Waals surface area contributed by atoms with Gasteiger partial charge in [0.1, 0.15) is 5.69 Å².